The van der Waals surface area contributed by atoms with E-state index in [9.17, 15) is 14.4 Å². The van der Waals surface area contributed by atoms with Crippen molar-refractivity contribution in [3.63, 3.8) is 0 Å². The fourth-order valence-corrected chi connectivity index (χ4v) is 3.36. The molecule has 0 bridgehead atoms. The van der Waals surface area contributed by atoms with Crippen LogP contribution in [0.15, 0.2) is 0 Å². The molecular weight excluding hydrogens is 344 g/mol. The zero-order chi connectivity index (χ0) is 21.1. The van der Waals surface area contributed by atoms with Crippen LogP contribution in [-0.2, 0) is 9.53 Å². The number of rotatable bonds is 7. The van der Waals surface area contributed by atoms with Crippen molar-refractivity contribution in [2.75, 3.05) is 6.61 Å². The van der Waals surface area contributed by atoms with Crippen molar-refractivity contribution in [1.29, 1.82) is 0 Å². The van der Waals surface area contributed by atoms with Crippen molar-refractivity contribution >= 4 is 17.7 Å². The predicted octanol–water partition coefficient (Wildman–Crippen LogP) is 4.05. The molecule has 6 nitrogen and oxygen atoms in total. The Kier molecular flexibility index (Phi) is 7.40. The first-order chi connectivity index (χ1) is 12.3. The zero-order valence-corrected chi connectivity index (χ0v) is 18.1. The lowest BCUT2D eigenvalue weighted by atomic mass is 9.90. The molecule has 0 aliphatic carbocycles. The van der Waals surface area contributed by atoms with Crippen LogP contribution in [0.4, 0.5) is 0 Å². The fraction of sp³-hybridized carbons (Fsp3) is 0.667. The molecule has 1 aromatic rings. The quantitative estimate of drug-likeness (QED) is 0.573. The summed E-state index contributed by atoms with van der Waals surface area (Å²) in [4.78, 5) is 42.8. The van der Waals surface area contributed by atoms with Crippen LogP contribution in [0.1, 0.15) is 87.0 Å². The van der Waals surface area contributed by atoms with E-state index >= 15 is 0 Å². The van der Waals surface area contributed by atoms with E-state index in [1.165, 1.54) is 0 Å². The molecule has 0 aliphatic heterocycles. The minimum atomic E-state index is -0.622. The fourth-order valence-electron chi connectivity index (χ4n) is 3.36. The Bertz CT molecular complexity index is 710. The number of ether oxygens (including phenoxy) is 1. The number of Topliss-reactive ketones (excluding diaryl/α,β-unsaturated/α-hetero) is 1. The first-order valence-electron chi connectivity index (χ1n) is 9.53. The number of ketones is 1. The van der Waals surface area contributed by atoms with E-state index in [1.807, 2.05) is 34.6 Å². The highest BCUT2D eigenvalue weighted by Gasteiger charge is 2.33. The van der Waals surface area contributed by atoms with Crippen LogP contribution in [0.2, 0.25) is 0 Å². The molecular formula is C21H34N2O4. The molecule has 1 heterocycles. The van der Waals surface area contributed by atoms with Crippen molar-refractivity contribution in [2.24, 2.45) is 5.41 Å². The first kappa shape index (κ1) is 22.9. The van der Waals surface area contributed by atoms with Crippen LogP contribution in [0.25, 0.3) is 0 Å². The number of hydrogen-bond donors (Lipinski definition) is 1. The van der Waals surface area contributed by atoms with Gasteiger partial charge in [0.05, 0.1) is 12.6 Å². The number of esters is 1. The third-order valence-electron chi connectivity index (χ3n) is 4.49. The van der Waals surface area contributed by atoms with Gasteiger partial charge in [0.15, 0.2) is 5.78 Å². The molecule has 1 atom stereocenters. The Hall–Kier alpha value is -2.11. The van der Waals surface area contributed by atoms with Crippen LogP contribution in [-0.4, -0.2) is 46.2 Å². The number of carbonyl (C=O) groups is 3. The third kappa shape index (κ3) is 5.44. The standard InChI is InChI=1S/C21H34N2O4/c1-10-27-20(26)18-13(4)17(14(5)22-18)19(25)15(6)23(12(2)3)16(24)11-21(7,8)9/h12,15,22H,10-11H2,1-9H3. The number of H-pyrrole nitrogens is 1. The Morgan fingerprint density at radius 2 is 1.67 bits per heavy atom. The number of amides is 1. The van der Waals surface area contributed by atoms with Gasteiger partial charge in [-0.1, -0.05) is 20.8 Å². The topological polar surface area (TPSA) is 79.5 Å². The molecule has 6 heteroatoms. The molecule has 1 rings (SSSR count). The van der Waals surface area contributed by atoms with Crippen molar-refractivity contribution in [1.82, 2.24) is 9.88 Å². The molecule has 0 aromatic carbocycles. The van der Waals surface area contributed by atoms with Gasteiger partial charge in [-0.15, -0.1) is 0 Å². The van der Waals surface area contributed by atoms with Gasteiger partial charge >= 0.3 is 5.97 Å². The molecule has 0 saturated heterocycles. The summed E-state index contributed by atoms with van der Waals surface area (Å²) in [6, 6.07) is -0.731. The minimum Gasteiger partial charge on any atom is -0.461 e. The molecule has 1 unspecified atom stereocenters. The summed E-state index contributed by atoms with van der Waals surface area (Å²) in [5.41, 5.74) is 1.76. The van der Waals surface area contributed by atoms with Gasteiger partial charge in [0.25, 0.3) is 0 Å². The maximum atomic E-state index is 13.2. The highest BCUT2D eigenvalue weighted by Crippen LogP contribution is 2.25. The molecule has 0 saturated carbocycles. The van der Waals surface area contributed by atoms with Crippen molar-refractivity contribution in [3.05, 3.63) is 22.5 Å². The second-order valence-electron chi connectivity index (χ2n) is 8.52. The SMILES string of the molecule is CCOC(=O)c1[nH]c(C)c(C(=O)C(C)N(C(=O)CC(C)(C)C)C(C)C)c1C. The van der Waals surface area contributed by atoms with Gasteiger partial charge in [0, 0.05) is 23.7 Å². The molecule has 0 radical (unpaired) electrons. The average Bonchev–Trinajstić information content (AvgIpc) is 2.79. The maximum Gasteiger partial charge on any atom is 0.355 e. The average molecular weight is 379 g/mol. The van der Waals surface area contributed by atoms with E-state index < -0.39 is 12.0 Å². The van der Waals surface area contributed by atoms with E-state index in [1.54, 1.807) is 32.6 Å². The Balaban J connectivity index is 3.23. The highest BCUT2D eigenvalue weighted by atomic mass is 16.5. The smallest absolute Gasteiger partial charge is 0.355 e. The predicted molar refractivity (Wildman–Crippen MR) is 106 cm³/mol. The molecule has 1 N–H and O–H groups in total. The third-order valence-corrected chi connectivity index (χ3v) is 4.49. The van der Waals surface area contributed by atoms with Crippen LogP contribution >= 0.6 is 0 Å². The second-order valence-corrected chi connectivity index (χ2v) is 8.52. The van der Waals surface area contributed by atoms with Gasteiger partial charge in [-0.05, 0) is 52.5 Å². The molecule has 0 aliphatic rings. The van der Waals surface area contributed by atoms with Crippen LogP contribution in [0.3, 0.4) is 0 Å². The van der Waals surface area contributed by atoms with E-state index in [0.717, 1.165) is 0 Å². The van der Waals surface area contributed by atoms with Gasteiger partial charge in [-0.3, -0.25) is 9.59 Å². The number of nitrogens with zero attached hydrogens (tertiary/aromatic N) is 1. The number of nitrogens with one attached hydrogen (secondary N) is 1. The Morgan fingerprint density at radius 1 is 1.11 bits per heavy atom. The number of hydrogen-bond acceptors (Lipinski definition) is 4. The number of aryl methyl sites for hydroxylation is 1. The van der Waals surface area contributed by atoms with Gasteiger partial charge < -0.3 is 14.6 Å². The summed E-state index contributed by atoms with van der Waals surface area (Å²) >= 11 is 0. The monoisotopic (exact) mass is 378 g/mol. The number of carbonyl (C=O) groups excluding carboxylic acids is 3. The summed E-state index contributed by atoms with van der Waals surface area (Å²) < 4.78 is 5.05. The first-order valence-corrected chi connectivity index (χ1v) is 9.53. The number of aromatic amines is 1. The van der Waals surface area contributed by atoms with E-state index in [2.05, 4.69) is 4.98 Å². The second kappa shape index (κ2) is 8.72. The summed E-state index contributed by atoms with van der Waals surface area (Å²) in [6.45, 7) is 17.1. The summed E-state index contributed by atoms with van der Waals surface area (Å²) in [7, 11) is 0. The minimum absolute atomic E-state index is 0.0465. The molecule has 0 spiro atoms. The van der Waals surface area contributed by atoms with Gasteiger partial charge in [-0.2, -0.15) is 0 Å². The van der Waals surface area contributed by atoms with Crippen LogP contribution in [0, 0.1) is 19.3 Å². The molecule has 152 valence electrons. The summed E-state index contributed by atoms with van der Waals surface area (Å²) in [5.74, 6) is -0.697. The molecule has 0 fully saturated rings. The van der Waals surface area contributed by atoms with Crippen molar-refractivity contribution in [3.8, 4) is 0 Å². The van der Waals surface area contributed by atoms with Crippen molar-refractivity contribution < 1.29 is 19.1 Å². The van der Waals surface area contributed by atoms with Crippen LogP contribution in [0.5, 0.6) is 0 Å². The Labute approximate surface area is 162 Å². The van der Waals surface area contributed by atoms with E-state index in [-0.39, 0.29) is 29.8 Å². The maximum absolute atomic E-state index is 13.2. The summed E-state index contributed by atoms with van der Waals surface area (Å²) in [6.07, 6.45) is 0.363. The van der Waals surface area contributed by atoms with Crippen molar-refractivity contribution in [2.45, 2.75) is 80.8 Å². The molecule has 1 amide bonds. The molecule has 1 aromatic heterocycles. The summed E-state index contributed by atoms with van der Waals surface area (Å²) in [5, 5.41) is 0. The molecule has 27 heavy (non-hydrogen) atoms. The van der Waals surface area contributed by atoms with E-state index in [4.69, 9.17) is 4.74 Å². The normalized spacial score (nSPS) is 12.8. The lowest BCUT2D eigenvalue weighted by molar-refractivity contribution is -0.136. The number of aromatic nitrogens is 1. The van der Waals surface area contributed by atoms with Gasteiger partial charge in [0.1, 0.15) is 5.69 Å². The van der Waals surface area contributed by atoms with Gasteiger partial charge in [-0.25, -0.2) is 4.79 Å². The lowest BCUT2D eigenvalue weighted by Crippen LogP contribution is -2.48. The van der Waals surface area contributed by atoms with Crippen LogP contribution < -0.4 is 0 Å². The van der Waals surface area contributed by atoms with E-state index in [0.29, 0.717) is 28.9 Å². The highest BCUT2D eigenvalue weighted by molar-refractivity contribution is 6.06. The largest absolute Gasteiger partial charge is 0.461 e. The van der Waals surface area contributed by atoms with Gasteiger partial charge in [0.2, 0.25) is 5.91 Å². The lowest BCUT2D eigenvalue weighted by Gasteiger charge is -2.34. The zero-order valence-electron chi connectivity index (χ0n) is 18.1. The Morgan fingerprint density at radius 3 is 2.11 bits per heavy atom.